The van der Waals surface area contributed by atoms with Crippen molar-refractivity contribution in [2.24, 2.45) is 5.73 Å². The summed E-state index contributed by atoms with van der Waals surface area (Å²) in [5.41, 5.74) is 6.76. The van der Waals surface area contributed by atoms with Gasteiger partial charge in [0.05, 0.1) is 5.56 Å². The van der Waals surface area contributed by atoms with Crippen LogP contribution in [0.3, 0.4) is 0 Å². The molecule has 0 radical (unpaired) electrons. The van der Waals surface area contributed by atoms with E-state index < -0.39 is 5.91 Å². The molecule has 0 aliphatic carbocycles. The van der Waals surface area contributed by atoms with Gasteiger partial charge in [0.15, 0.2) is 6.61 Å². The smallest absolute Gasteiger partial charge is 0.260 e. The van der Waals surface area contributed by atoms with Gasteiger partial charge in [-0.1, -0.05) is 35.9 Å². The summed E-state index contributed by atoms with van der Waals surface area (Å²) in [5.74, 6) is -0.345. The van der Waals surface area contributed by atoms with E-state index in [9.17, 15) is 9.59 Å². The van der Waals surface area contributed by atoms with Gasteiger partial charge in [-0.2, -0.15) is 0 Å². The molecule has 142 valence electrons. The highest BCUT2D eigenvalue weighted by molar-refractivity contribution is 6.30. The first kappa shape index (κ1) is 19.2. The van der Waals surface area contributed by atoms with Crippen molar-refractivity contribution in [3.05, 3.63) is 64.7 Å². The van der Waals surface area contributed by atoms with E-state index in [2.05, 4.69) is 4.90 Å². The zero-order chi connectivity index (χ0) is 19.2. The largest absolute Gasteiger partial charge is 0.483 e. The molecular weight excluding hydrogens is 366 g/mol. The third kappa shape index (κ3) is 5.21. The molecule has 0 saturated carbocycles. The Kier molecular flexibility index (Phi) is 6.32. The monoisotopic (exact) mass is 387 g/mol. The van der Waals surface area contributed by atoms with E-state index in [0.717, 1.165) is 30.2 Å². The third-order valence-corrected chi connectivity index (χ3v) is 4.76. The number of carbonyl (C=O) groups is 2. The van der Waals surface area contributed by atoms with Gasteiger partial charge in [0, 0.05) is 37.7 Å². The molecule has 27 heavy (non-hydrogen) atoms. The minimum Gasteiger partial charge on any atom is -0.483 e. The summed E-state index contributed by atoms with van der Waals surface area (Å²) in [6, 6.07) is 14.5. The highest BCUT2D eigenvalue weighted by Crippen LogP contribution is 2.18. The second-order valence-corrected chi connectivity index (χ2v) is 6.87. The Morgan fingerprint density at radius 1 is 1.04 bits per heavy atom. The Morgan fingerprint density at radius 3 is 2.48 bits per heavy atom. The van der Waals surface area contributed by atoms with Crippen LogP contribution in [-0.4, -0.2) is 54.4 Å². The zero-order valence-electron chi connectivity index (χ0n) is 14.9. The Labute approximate surface area is 163 Å². The fraction of sp³-hybridized carbons (Fsp3) is 0.300. The molecule has 0 aromatic heterocycles. The summed E-state index contributed by atoms with van der Waals surface area (Å²) in [6.45, 7) is 3.55. The number of nitrogens with zero attached hydrogens (tertiary/aromatic N) is 2. The van der Waals surface area contributed by atoms with E-state index in [4.69, 9.17) is 22.1 Å². The number of benzene rings is 2. The van der Waals surface area contributed by atoms with Gasteiger partial charge in [0.1, 0.15) is 5.75 Å². The third-order valence-electron chi connectivity index (χ3n) is 4.52. The number of amides is 2. The zero-order valence-corrected chi connectivity index (χ0v) is 15.7. The molecule has 0 atom stereocenters. The van der Waals surface area contributed by atoms with E-state index in [1.165, 1.54) is 0 Å². The maximum Gasteiger partial charge on any atom is 0.260 e. The molecule has 6 nitrogen and oxygen atoms in total. The van der Waals surface area contributed by atoms with Gasteiger partial charge in [-0.3, -0.25) is 14.5 Å². The minimum absolute atomic E-state index is 0.100. The van der Waals surface area contributed by atoms with E-state index in [0.29, 0.717) is 18.8 Å². The highest BCUT2D eigenvalue weighted by atomic mass is 35.5. The number of piperazine rings is 1. The summed E-state index contributed by atoms with van der Waals surface area (Å²) in [5, 5.41) is 0.731. The van der Waals surface area contributed by atoms with Gasteiger partial charge < -0.3 is 15.4 Å². The Hall–Kier alpha value is -2.57. The van der Waals surface area contributed by atoms with Crippen LogP contribution in [0, 0.1) is 0 Å². The summed E-state index contributed by atoms with van der Waals surface area (Å²) in [6.07, 6.45) is 0. The predicted molar refractivity (Wildman–Crippen MR) is 104 cm³/mol. The summed E-state index contributed by atoms with van der Waals surface area (Å²) < 4.78 is 5.53. The Bertz CT molecular complexity index is 820. The molecular formula is C20H22ClN3O3. The molecule has 0 bridgehead atoms. The van der Waals surface area contributed by atoms with Gasteiger partial charge in [0.25, 0.3) is 11.8 Å². The topological polar surface area (TPSA) is 75.9 Å². The molecule has 0 spiro atoms. The van der Waals surface area contributed by atoms with Crippen LogP contribution in [0.1, 0.15) is 15.9 Å². The van der Waals surface area contributed by atoms with Crippen LogP contribution in [0.4, 0.5) is 0 Å². The lowest BCUT2D eigenvalue weighted by atomic mass is 10.2. The molecule has 1 aliphatic rings. The number of ether oxygens (including phenoxy) is 1. The van der Waals surface area contributed by atoms with Gasteiger partial charge in [-0.05, 0) is 29.8 Å². The normalized spacial score (nSPS) is 14.8. The van der Waals surface area contributed by atoms with Crippen molar-refractivity contribution in [2.45, 2.75) is 6.54 Å². The quantitative estimate of drug-likeness (QED) is 0.824. The number of primary amides is 1. The van der Waals surface area contributed by atoms with Crippen LogP contribution in [-0.2, 0) is 11.3 Å². The second kappa shape index (κ2) is 8.88. The SMILES string of the molecule is NC(=O)c1ccccc1OCC(=O)N1CCN(Cc2cccc(Cl)c2)CC1. The average molecular weight is 388 g/mol. The van der Waals surface area contributed by atoms with Crippen LogP contribution in [0.5, 0.6) is 5.75 Å². The first-order valence-corrected chi connectivity index (χ1v) is 9.17. The van der Waals surface area contributed by atoms with Crippen molar-refractivity contribution in [2.75, 3.05) is 32.8 Å². The van der Waals surface area contributed by atoms with Gasteiger partial charge >= 0.3 is 0 Å². The fourth-order valence-corrected chi connectivity index (χ4v) is 3.29. The van der Waals surface area contributed by atoms with Gasteiger partial charge in [0.2, 0.25) is 0 Å². The average Bonchev–Trinajstić information content (AvgIpc) is 2.67. The number of hydrogen-bond acceptors (Lipinski definition) is 4. The predicted octanol–water partition coefficient (Wildman–Crippen LogP) is 2.16. The van der Waals surface area contributed by atoms with Crippen LogP contribution in [0.15, 0.2) is 48.5 Å². The number of para-hydroxylation sites is 1. The summed E-state index contributed by atoms with van der Waals surface area (Å²) in [4.78, 5) is 27.9. The molecule has 1 saturated heterocycles. The number of halogens is 1. The van der Waals surface area contributed by atoms with Crippen LogP contribution >= 0.6 is 11.6 Å². The number of hydrogen-bond donors (Lipinski definition) is 1. The number of carbonyl (C=O) groups excluding carboxylic acids is 2. The molecule has 1 aliphatic heterocycles. The van der Waals surface area contributed by atoms with E-state index in [-0.39, 0.29) is 18.1 Å². The number of nitrogens with two attached hydrogens (primary N) is 1. The highest BCUT2D eigenvalue weighted by Gasteiger charge is 2.22. The molecule has 7 heteroatoms. The molecule has 0 unspecified atom stereocenters. The van der Waals surface area contributed by atoms with E-state index in [1.54, 1.807) is 29.2 Å². The molecule has 2 aromatic rings. The van der Waals surface area contributed by atoms with Crippen molar-refractivity contribution in [3.8, 4) is 5.75 Å². The fourth-order valence-electron chi connectivity index (χ4n) is 3.08. The van der Waals surface area contributed by atoms with Gasteiger partial charge in [-0.25, -0.2) is 0 Å². The lowest BCUT2D eigenvalue weighted by molar-refractivity contribution is -0.135. The summed E-state index contributed by atoms with van der Waals surface area (Å²) in [7, 11) is 0. The van der Waals surface area contributed by atoms with Crippen molar-refractivity contribution in [1.29, 1.82) is 0 Å². The number of rotatable bonds is 6. The second-order valence-electron chi connectivity index (χ2n) is 6.44. The maximum atomic E-state index is 12.4. The first-order valence-electron chi connectivity index (χ1n) is 8.79. The molecule has 3 rings (SSSR count). The molecule has 2 aromatic carbocycles. The molecule has 1 fully saturated rings. The van der Waals surface area contributed by atoms with E-state index >= 15 is 0 Å². The van der Waals surface area contributed by atoms with E-state index in [1.807, 2.05) is 24.3 Å². The lowest BCUT2D eigenvalue weighted by Crippen LogP contribution is -2.49. The summed E-state index contributed by atoms with van der Waals surface area (Å²) >= 11 is 6.03. The van der Waals surface area contributed by atoms with Crippen LogP contribution < -0.4 is 10.5 Å². The van der Waals surface area contributed by atoms with Crippen molar-refractivity contribution in [3.63, 3.8) is 0 Å². The first-order chi connectivity index (χ1) is 13.0. The van der Waals surface area contributed by atoms with Crippen molar-refractivity contribution >= 4 is 23.4 Å². The molecule has 1 heterocycles. The van der Waals surface area contributed by atoms with Crippen LogP contribution in [0.2, 0.25) is 5.02 Å². The maximum absolute atomic E-state index is 12.4. The molecule has 2 N–H and O–H groups in total. The minimum atomic E-state index is -0.576. The Balaban J connectivity index is 1.48. The standard InChI is InChI=1S/C20H22ClN3O3/c21-16-5-3-4-15(12-16)13-23-8-10-24(11-9-23)19(25)14-27-18-7-2-1-6-17(18)20(22)26/h1-7,12H,8-11,13-14H2,(H2,22,26). The van der Waals surface area contributed by atoms with Crippen molar-refractivity contribution < 1.29 is 14.3 Å². The Morgan fingerprint density at radius 2 is 1.78 bits per heavy atom. The lowest BCUT2D eigenvalue weighted by Gasteiger charge is -2.34. The molecule has 2 amide bonds. The van der Waals surface area contributed by atoms with Crippen LogP contribution in [0.25, 0.3) is 0 Å². The van der Waals surface area contributed by atoms with Gasteiger partial charge in [-0.15, -0.1) is 0 Å². The van der Waals surface area contributed by atoms with Crippen molar-refractivity contribution in [1.82, 2.24) is 9.80 Å².